The van der Waals surface area contributed by atoms with Crippen molar-refractivity contribution in [3.05, 3.63) is 47.1 Å². The average molecular weight is 571 g/mol. The van der Waals surface area contributed by atoms with Crippen molar-refractivity contribution < 1.29 is 60.1 Å². The van der Waals surface area contributed by atoms with Crippen LogP contribution in [0, 0.1) is 13.8 Å². The molecule has 4 rings (SSSR count). The second-order valence-corrected chi connectivity index (χ2v) is 8.53. The lowest BCUT2D eigenvalue weighted by atomic mass is 10.1. The zero-order valence-corrected chi connectivity index (χ0v) is 20.8. The van der Waals surface area contributed by atoms with Crippen LogP contribution in [0.5, 0.6) is 0 Å². The van der Waals surface area contributed by atoms with Gasteiger partial charge in [-0.05, 0) is 38.8 Å². The number of morpholine rings is 1. The third kappa shape index (κ3) is 9.78. The first-order valence-corrected chi connectivity index (χ1v) is 11.5. The van der Waals surface area contributed by atoms with Gasteiger partial charge in [0.2, 0.25) is 0 Å². The zero-order valence-electron chi connectivity index (χ0n) is 20.8. The van der Waals surface area contributed by atoms with Gasteiger partial charge >= 0.3 is 24.3 Å². The molecule has 0 radical (unpaired) electrons. The summed E-state index contributed by atoms with van der Waals surface area (Å²) in [6, 6.07) is 6.31. The van der Waals surface area contributed by atoms with E-state index in [1.807, 2.05) is 32.0 Å². The maximum Gasteiger partial charge on any atom is 0.490 e. The van der Waals surface area contributed by atoms with Crippen LogP contribution in [0.25, 0.3) is 0 Å². The summed E-state index contributed by atoms with van der Waals surface area (Å²) < 4.78 is 81.0. The van der Waals surface area contributed by atoms with Crippen LogP contribution in [0.2, 0.25) is 0 Å². The van der Waals surface area contributed by atoms with Crippen molar-refractivity contribution in [1.29, 1.82) is 0 Å². The number of nitrogens with zero attached hydrogens (tertiary/aromatic N) is 3. The minimum Gasteiger partial charge on any atom is -0.475 e. The van der Waals surface area contributed by atoms with Gasteiger partial charge in [-0.15, -0.1) is 0 Å². The number of aliphatic carboxylic acids is 2. The van der Waals surface area contributed by atoms with Crippen LogP contribution < -0.4 is 0 Å². The molecule has 0 bridgehead atoms. The SMILES string of the molecule is Cc1noc(C)c1CN1CCO[C@H]2[C@@H](OCc3ccccn3)CC[C@@H]21.O=C(O)C(F)(F)F.O=C(O)C(F)(F)F. The quantitative estimate of drug-likeness (QED) is 0.509. The monoisotopic (exact) mass is 571 g/mol. The molecule has 0 amide bonds. The Morgan fingerprint density at radius 1 is 1.08 bits per heavy atom. The van der Waals surface area contributed by atoms with Crippen molar-refractivity contribution in [1.82, 2.24) is 15.0 Å². The highest BCUT2D eigenvalue weighted by molar-refractivity contribution is 5.73. The molecule has 2 aliphatic rings. The van der Waals surface area contributed by atoms with Gasteiger partial charge in [-0.25, -0.2) is 9.59 Å². The maximum absolute atomic E-state index is 10.6. The van der Waals surface area contributed by atoms with Crippen molar-refractivity contribution in [2.24, 2.45) is 0 Å². The first kappa shape index (κ1) is 32.0. The van der Waals surface area contributed by atoms with E-state index in [9.17, 15) is 26.3 Å². The molecule has 1 saturated heterocycles. The fourth-order valence-electron chi connectivity index (χ4n) is 3.97. The minimum absolute atomic E-state index is 0.137. The Morgan fingerprint density at radius 2 is 1.69 bits per heavy atom. The van der Waals surface area contributed by atoms with E-state index in [2.05, 4.69) is 15.0 Å². The minimum atomic E-state index is -5.08. The van der Waals surface area contributed by atoms with Gasteiger partial charge in [-0.2, -0.15) is 26.3 Å². The van der Waals surface area contributed by atoms with E-state index < -0.39 is 24.3 Å². The largest absolute Gasteiger partial charge is 0.490 e. The number of aromatic nitrogens is 2. The lowest BCUT2D eigenvalue weighted by molar-refractivity contribution is -0.193. The van der Waals surface area contributed by atoms with Crippen molar-refractivity contribution in [3.63, 3.8) is 0 Å². The van der Waals surface area contributed by atoms with E-state index in [4.69, 9.17) is 33.8 Å². The average Bonchev–Trinajstić information content (AvgIpc) is 3.42. The number of hydrogen-bond donors (Lipinski definition) is 2. The Labute approximate surface area is 218 Å². The summed E-state index contributed by atoms with van der Waals surface area (Å²) in [5.41, 5.74) is 3.16. The van der Waals surface area contributed by atoms with Crippen LogP contribution in [0.4, 0.5) is 26.3 Å². The van der Waals surface area contributed by atoms with Crippen LogP contribution in [0.15, 0.2) is 28.9 Å². The van der Waals surface area contributed by atoms with Gasteiger partial charge in [-0.1, -0.05) is 11.2 Å². The fraction of sp³-hybridized carbons (Fsp3) is 0.565. The summed E-state index contributed by atoms with van der Waals surface area (Å²) in [6.07, 6.45) is -5.96. The first-order valence-electron chi connectivity index (χ1n) is 11.5. The van der Waals surface area contributed by atoms with Gasteiger partial charge in [0.05, 0.1) is 36.8 Å². The fourth-order valence-corrected chi connectivity index (χ4v) is 3.97. The Bertz CT molecular complexity index is 1030. The van der Waals surface area contributed by atoms with Gasteiger partial charge in [0.25, 0.3) is 0 Å². The molecular weight excluding hydrogens is 544 g/mol. The summed E-state index contributed by atoms with van der Waals surface area (Å²) in [5, 5.41) is 18.3. The van der Waals surface area contributed by atoms with Crippen LogP contribution in [0.3, 0.4) is 0 Å². The van der Waals surface area contributed by atoms with Gasteiger partial charge in [0.15, 0.2) is 0 Å². The molecule has 10 nitrogen and oxygen atoms in total. The van der Waals surface area contributed by atoms with Crippen molar-refractivity contribution in [3.8, 4) is 0 Å². The molecule has 0 aromatic carbocycles. The predicted molar refractivity (Wildman–Crippen MR) is 119 cm³/mol. The summed E-state index contributed by atoms with van der Waals surface area (Å²) in [5.74, 6) is -4.60. The highest BCUT2D eigenvalue weighted by Crippen LogP contribution is 2.34. The number of carboxylic acid groups (broad SMARTS) is 2. The molecule has 39 heavy (non-hydrogen) atoms. The molecule has 3 atom stereocenters. The van der Waals surface area contributed by atoms with E-state index in [0.717, 1.165) is 49.7 Å². The van der Waals surface area contributed by atoms with E-state index in [1.165, 1.54) is 5.56 Å². The summed E-state index contributed by atoms with van der Waals surface area (Å²) in [4.78, 5) is 24.6. The van der Waals surface area contributed by atoms with E-state index in [1.54, 1.807) is 6.20 Å². The number of fused-ring (bicyclic) bond motifs is 1. The van der Waals surface area contributed by atoms with Gasteiger partial charge in [-0.3, -0.25) is 9.88 Å². The van der Waals surface area contributed by atoms with E-state index in [-0.39, 0.29) is 12.2 Å². The number of alkyl halides is 6. The third-order valence-corrected chi connectivity index (χ3v) is 5.85. The van der Waals surface area contributed by atoms with Gasteiger partial charge < -0.3 is 24.2 Å². The summed E-state index contributed by atoms with van der Waals surface area (Å²) in [7, 11) is 0. The number of carboxylic acids is 2. The standard InChI is InChI=1S/C19H25N3O3.2C2HF3O2/c1-13-16(14(2)25-21-13)11-22-9-10-23-19-17(22)6-7-18(19)24-12-15-5-3-4-8-20-15;2*3-2(4,5)1(6)7/h3-5,8,17-19H,6-7,9-12H2,1-2H3;2*(H,6,7)/t17-,18-,19+;;/m0../s1. The van der Waals surface area contributed by atoms with Crippen LogP contribution in [-0.4, -0.2) is 80.9 Å². The molecule has 1 saturated carbocycles. The Kier molecular flexibility index (Phi) is 11.2. The number of rotatable bonds is 5. The predicted octanol–water partition coefficient (Wildman–Crippen LogP) is 3.90. The normalized spacial score (nSPS) is 21.2. The summed E-state index contributed by atoms with van der Waals surface area (Å²) >= 11 is 0. The molecule has 1 aliphatic heterocycles. The number of carbonyl (C=O) groups is 2. The molecule has 2 N–H and O–H groups in total. The Balaban J connectivity index is 0.000000317. The second kappa shape index (κ2) is 13.7. The topological polar surface area (TPSA) is 135 Å². The number of halogens is 6. The van der Waals surface area contributed by atoms with Gasteiger partial charge in [0.1, 0.15) is 5.76 Å². The molecule has 3 heterocycles. The van der Waals surface area contributed by atoms with Crippen molar-refractivity contribution in [2.45, 2.75) is 70.4 Å². The molecule has 0 spiro atoms. The zero-order chi connectivity index (χ0) is 29.4. The molecule has 16 heteroatoms. The molecule has 1 aliphatic carbocycles. The lowest BCUT2D eigenvalue weighted by Crippen LogP contribution is -2.51. The highest BCUT2D eigenvalue weighted by atomic mass is 19.4. The van der Waals surface area contributed by atoms with E-state index >= 15 is 0 Å². The molecule has 2 aromatic rings. The van der Waals surface area contributed by atoms with E-state index in [0.29, 0.717) is 12.6 Å². The van der Waals surface area contributed by atoms with Crippen molar-refractivity contribution in [2.75, 3.05) is 13.2 Å². The second-order valence-electron chi connectivity index (χ2n) is 8.53. The first-order chi connectivity index (χ1) is 18.1. The number of hydrogen-bond acceptors (Lipinski definition) is 8. The van der Waals surface area contributed by atoms with Crippen LogP contribution >= 0.6 is 0 Å². The number of pyridine rings is 1. The lowest BCUT2D eigenvalue weighted by Gasteiger charge is -2.39. The number of ether oxygens (including phenoxy) is 2. The Hall–Kier alpha value is -3.24. The van der Waals surface area contributed by atoms with Crippen LogP contribution in [-0.2, 0) is 32.2 Å². The molecule has 2 fully saturated rings. The smallest absolute Gasteiger partial charge is 0.475 e. The molecule has 2 aromatic heterocycles. The van der Waals surface area contributed by atoms with Crippen LogP contribution in [0.1, 0.15) is 35.6 Å². The third-order valence-electron chi connectivity index (χ3n) is 5.85. The summed E-state index contributed by atoms with van der Waals surface area (Å²) in [6.45, 7) is 7.10. The van der Waals surface area contributed by atoms with Crippen molar-refractivity contribution >= 4 is 11.9 Å². The molecule has 218 valence electrons. The number of aryl methyl sites for hydroxylation is 2. The molecular formula is C23H27F6N3O7. The maximum atomic E-state index is 10.6. The van der Waals surface area contributed by atoms with Gasteiger partial charge in [0, 0.05) is 30.9 Å². The Morgan fingerprint density at radius 3 is 2.18 bits per heavy atom. The molecule has 0 unspecified atom stereocenters. The highest BCUT2D eigenvalue weighted by Gasteiger charge is 2.43.